The van der Waals surface area contributed by atoms with Gasteiger partial charge in [0.15, 0.2) is 11.5 Å². The first-order valence-electron chi connectivity index (χ1n) is 7.65. The quantitative estimate of drug-likeness (QED) is 0.774. The molecular formula is C18H18ClFN2O4. The summed E-state index contributed by atoms with van der Waals surface area (Å²) in [6, 6.07) is 8.95. The third-order valence-corrected chi connectivity index (χ3v) is 3.75. The van der Waals surface area contributed by atoms with Crippen LogP contribution in [0, 0.1) is 5.82 Å². The molecular weight excluding hydrogens is 363 g/mol. The summed E-state index contributed by atoms with van der Waals surface area (Å²) in [4.78, 5) is 23.8. The fourth-order valence-electron chi connectivity index (χ4n) is 2.20. The lowest BCUT2D eigenvalue weighted by molar-refractivity contribution is -0.123. The molecule has 0 atom stereocenters. The van der Waals surface area contributed by atoms with E-state index in [4.69, 9.17) is 21.1 Å². The number of hydrogen-bond acceptors (Lipinski definition) is 4. The van der Waals surface area contributed by atoms with Gasteiger partial charge < -0.3 is 20.1 Å². The minimum absolute atomic E-state index is 0.0794. The van der Waals surface area contributed by atoms with Crippen molar-refractivity contribution in [2.24, 2.45) is 0 Å². The van der Waals surface area contributed by atoms with Crippen LogP contribution in [0.25, 0.3) is 0 Å². The molecule has 0 aliphatic heterocycles. The summed E-state index contributed by atoms with van der Waals surface area (Å²) < 4.78 is 23.4. The van der Waals surface area contributed by atoms with Crippen molar-refractivity contribution in [2.45, 2.75) is 6.42 Å². The van der Waals surface area contributed by atoms with Crippen molar-refractivity contribution in [1.29, 1.82) is 0 Å². The van der Waals surface area contributed by atoms with Crippen molar-refractivity contribution < 1.29 is 23.5 Å². The van der Waals surface area contributed by atoms with Crippen LogP contribution in [-0.4, -0.2) is 32.6 Å². The largest absolute Gasteiger partial charge is 0.493 e. The van der Waals surface area contributed by atoms with Gasteiger partial charge in [-0.3, -0.25) is 9.59 Å². The maximum Gasteiger partial charge on any atom is 0.243 e. The Labute approximate surface area is 155 Å². The first-order chi connectivity index (χ1) is 12.4. The normalized spacial score (nSPS) is 10.2. The Morgan fingerprint density at radius 1 is 1.04 bits per heavy atom. The van der Waals surface area contributed by atoms with Gasteiger partial charge in [-0.1, -0.05) is 17.7 Å². The summed E-state index contributed by atoms with van der Waals surface area (Å²) in [5, 5.41) is 4.94. The molecule has 0 aromatic heterocycles. The van der Waals surface area contributed by atoms with Crippen LogP contribution in [-0.2, 0) is 16.0 Å². The fraction of sp³-hybridized carbons (Fsp3) is 0.222. The number of rotatable bonds is 7. The molecule has 0 heterocycles. The average molecular weight is 381 g/mol. The van der Waals surface area contributed by atoms with Crippen molar-refractivity contribution in [1.82, 2.24) is 5.32 Å². The van der Waals surface area contributed by atoms with Gasteiger partial charge >= 0.3 is 0 Å². The molecule has 8 heteroatoms. The first-order valence-corrected chi connectivity index (χ1v) is 8.03. The van der Waals surface area contributed by atoms with Gasteiger partial charge in [0, 0.05) is 5.69 Å². The van der Waals surface area contributed by atoms with E-state index in [-0.39, 0.29) is 23.9 Å². The van der Waals surface area contributed by atoms with E-state index in [0.29, 0.717) is 22.7 Å². The van der Waals surface area contributed by atoms with Crippen LogP contribution >= 0.6 is 11.6 Å². The van der Waals surface area contributed by atoms with E-state index in [1.54, 1.807) is 18.2 Å². The van der Waals surface area contributed by atoms with Gasteiger partial charge in [0.2, 0.25) is 11.8 Å². The van der Waals surface area contributed by atoms with Crippen LogP contribution in [0.5, 0.6) is 11.5 Å². The summed E-state index contributed by atoms with van der Waals surface area (Å²) in [7, 11) is 3.03. The number of anilines is 1. The number of methoxy groups -OCH3 is 2. The van der Waals surface area contributed by atoms with E-state index in [0.717, 1.165) is 6.07 Å². The van der Waals surface area contributed by atoms with E-state index in [1.165, 1.54) is 26.4 Å². The van der Waals surface area contributed by atoms with Gasteiger partial charge in [0.25, 0.3) is 0 Å². The highest BCUT2D eigenvalue weighted by molar-refractivity contribution is 6.31. The summed E-state index contributed by atoms with van der Waals surface area (Å²) in [6.07, 6.45) is 0.0794. The van der Waals surface area contributed by atoms with Crippen molar-refractivity contribution in [3.8, 4) is 11.5 Å². The number of nitrogens with one attached hydrogen (secondary N) is 2. The Morgan fingerprint density at radius 3 is 2.42 bits per heavy atom. The molecule has 26 heavy (non-hydrogen) atoms. The van der Waals surface area contributed by atoms with Gasteiger partial charge in [-0.2, -0.15) is 0 Å². The molecule has 0 saturated carbocycles. The monoisotopic (exact) mass is 380 g/mol. The molecule has 0 saturated heterocycles. The van der Waals surface area contributed by atoms with E-state index in [2.05, 4.69) is 10.6 Å². The molecule has 2 amide bonds. The fourth-order valence-corrected chi connectivity index (χ4v) is 2.38. The third-order valence-electron chi connectivity index (χ3n) is 3.46. The maximum atomic E-state index is 13.1. The molecule has 2 aromatic rings. The summed E-state index contributed by atoms with van der Waals surface area (Å²) >= 11 is 5.65. The third kappa shape index (κ3) is 5.35. The Bertz CT molecular complexity index is 814. The molecule has 0 radical (unpaired) electrons. The second-order valence-corrected chi connectivity index (χ2v) is 5.73. The number of benzene rings is 2. The zero-order valence-electron chi connectivity index (χ0n) is 14.3. The van der Waals surface area contributed by atoms with Gasteiger partial charge in [0.1, 0.15) is 5.82 Å². The van der Waals surface area contributed by atoms with Crippen LogP contribution in [0.1, 0.15) is 5.56 Å². The highest BCUT2D eigenvalue weighted by atomic mass is 35.5. The Balaban J connectivity index is 1.86. The number of carbonyl (C=O) groups is 2. The number of amides is 2. The second kappa shape index (κ2) is 9.05. The lowest BCUT2D eigenvalue weighted by atomic mass is 10.1. The first kappa shape index (κ1) is 19.5. The Kier molecular flexibility index (Phi) is 6.80. The highest BCUT2D eigenvalue weighted by Crippen LogP contribution is 2.27. The average Bonchev–Trinajstić information content (AvgIpc) is 2.63. The van der Waals surface area contributed by atoms with Gasteiger partial charge in [0.05, 0.1) is 32.2 Å². The molecule has 2 aromatic carbocycles. The summed E-state index contributed by atoms with van der Waals surface area (Å²) in [6.45, 7) is -0.221. The molecule has 0 spiro atoms. The predicted octanol–water partition coefficient (Wildman–Crippen LogP) is 2.79. The summed E-state index contributed by atoms with van der Waals surface area (Å²) in [5.41, 5.74) is 1.06. The summed E-state index contributed by atoms with van der Waals surface area (Å²) in [5.74, 6) is -0.275. The van der Waals surface area contributed by atoms with Crippen molar-refractivity contribution >= 4 is 29.1 Å². The highest BCUT2D eigenvalue weighted by Gasteiger charge is 2.10. The number of ether oxygens (including phenoxy) is 2. The van der Waals surface area contributed by atoms with Crippen LogP contribution in [0.3, 0.4) is 0 Å². The number of halogens is 2. The van der Waals surface area contributed by atoms with E-state index < -0.39 is 11.7 Å². The van der Waals surface area contributed by atoms with Crippen LogP contribution < -0.4 is 20.1 Å². The second-order valence-electron chi connectivity index (χ2n) is 5.32. The number of hydrogen-bond donors (Lipinski definition) is 2. The van der Waals surface area contributed by atoms with Gasteiger partial charge in [-0.25, -0.2) is 4.39 Å². The molecule has 0 unspecified atom stereocenters. The minimum atomic E-state index is -0.576. The minimum Gasteiger partial charge on any atom is -0.493 e. The SMILES string of the molecule is COc1ccc(CC(=O)NCC(=O)Nc2ccc(F)c(Cl)c2)cc1OC. The maximum absolute atomic E-state index is 13.1. The van der Waals surface area contributed by atoms with E-state index in [9.17, 15) is 14.0 Å². The van der Waals surface area contributed by atoms with Crippen molar-refractivity contribution in [2.75, 3.05) is 26.1 Å². The number of carbonyl (C=O) groups excluding carboxylic acids is 2. The molecule has 138 valence electrons. The molecule has 0 aliphatic carbocycles. The van der Waals surface area contributed by atoms with Crippen LogP contribution in [0.4, 0.5) is 10.1 Å². The van der Waals surface area contributed by atoms with E-state index >= 15 is 0 Å². The molecule has 2 rings (SSSR count). The van der Waals surface area contributed by atoms with Gasteiger partial charge in [-0.05, 0) is 35.9 Å². The molecule has 0 aliphatic rings. The van der Waals surface area contributed by atoms with Crippen molar-refractivity contribution in [3.63, 3.8) is 0 Å². The predicted molar refractivity (Wildman–Crippen MR) is 96.3 cm³/mol. The lowest BCUT2D eigenvalue weighted by Crippen LogP contribution is -2.33. The zero-order chi connectivity index (χ0) is 19.1. The van der Waals surface area contributed by atoms with Crippen LogP contribution in [0.2, 0.25) is 5.02 Å². The van der Waals surface area contributed by atoms with Crippen LogP contribution in [0.15, 0.2) is 36.4 Å². The smallest absolute Gasteiger partial charge is 0.243 e. The molecule has 0 fully saturated rings. The standard InChI is InChI=1S/C18H18ClFN2O4/c1-25-15-6-3-11(7-16(15)26-2)8-17(23)21-10-18(24)22-12-4-5-14(20)13(19)9-12/h3-7,9H,8,10H2,1-2H3,(H,21,23)(H,22,24). The zero-order valence-corrected chi connectivity index (χ0v) is 15.0. The Hall–Kier alpha value is -2.80. The Morgan fingerprint density at radius 2 is 1.77 bits per heavy atom. The molecule has 6 nitrogen and oxygen atoms in total. The lowest BCUT2D eigenvalue weighted by Gasteiger charge is -2.10. The van der Waals surface area contributed by atoms with E-state index in [1.807, 2.05) is 0 Å². The molecule has 0 bridgehead atoms. The topological polar surface area (TPSA) is 76.7 Å². The van der Waals surface area contributed by atoms with Gasteiger partial charge in [-0.15, -0.1) is 0 Å². The molecule has 2 N–H and O–H groups in total. The van der Waals surface area contributed by atoms with Crippen molar-refractivity contribution in [3.05, 3.63) is 52.8 Å².